The molecule has 0 fully saturated rings. The van der Waals surface area contributed by atoms with Crippen LogP contribution in [0.1, 0.15) is 31.8 Å². The lowest BCUT2D eigenvalue weighted by Crippen LogP contribution is -2.19. The molecule has 0 aromatic heterocycles. The summed E-state index contributed by atoms with van der Waals surface area (Å²) in [5, 5.41) is 4.94. The number of hydrogen-bond donors (Lipinski definition) is 1. The fraction of sp³-hybridized carbons (Fsp3) is 0.0345. The quantitative estimate of drug-likeness (QED) is 0.124. The van der Waals surface area contributed by atoms with Gasteiger partial charge in [0.15, 0.2) is 0 Å². The minimum Gasteiger partial charge on any atom is -0.423 e. The van der Waals surface area contributed by atoms with Gasteiger partial charge in [0.1, 0.15) is 11.5 Å². The molecule has 0 saturated heterocycles. The Morgan fingerprint density at radius 3 is 1.92 bits per heavy atom. The van der Waals surface area contributed by atoms with E-state index in [0.29, 0.717) is 21.2 Å². The zero-order valence-corrected chi connectivity index (χ0v) is 21.3. The number of nitrogens with zero attached hydrogens (tertiary/aromatic N) is 1. The number of carbonyl (C=O) groups excluding carboxylic acids is 3. The van der Waals surface area contributed by atoms with Crippen LogP contribution in [0.15, 0.2) is 102 Å². The molecule has 0 atom stereocenters. The normalized spacial score (nSPS) is 10.7. The van der Waals surface area contributed by atoms with Gasteiger partial charge in [0.25, 0.3) is 0 Å². The Morgan fingerprint density at radius 2 is 1.32 bits per heavy atom. The Hall–Kier alpha value is -4.46. The predicted octanol–water partition coefficient (Wildman–Crippen LogP) is 6.12. The second-order valence-electron chi connectivity index (χ2n) is 7.95. The first-order valence-corrected chi connectivity index (χ1v) is 12.1. The highest BCUT2D eigenvalue weighted by molar-refractivity contribution is 6.31. The third kappa shape index (κ3) is 7.52. The zero-order valence-electron chi connectivity index (χ0n) is 19.8. The minimum absolute atomic E-state index is 0.0624. The summed E-state index contributed by atoms with van der Waals surface area (Å²) in [6.07, 6.45) is 1.48. The van der Waals surface area contributed by atoms with Gasteiger partial charge in [-0.3, -0.25) is 4.79 Å². The Morgan fingerprint density at radius 1 is 0.737 bits per heavy atom. The molecule has 0 radical (unpaired) electrons. The van der Waals surface area contributed by atoms with Gasteiger partial charge in [0, 0.05) is 21.7 Å². The third-order valence-corrected chi connectivity index (χ3v) is 5.66. The van der Waals surface area contributed by atoms with Gasteiger partial charge in [-0.15, -0.1) is 0 Å². The Bertz CT molecular complexity index is 1470. The van der Waals surface area contributed by atoms with Crippen LogP contribution in [0.3, 0.4) is 0 Å². The van der Waals surface area contributed by atoms with Crippen LogP contribution >= 0.6 is 23.2 Å². The summed E-state index contributed by atoms with van der Waals surface area (Å²) in [4.78, 5) is 37.5. The maximum Gasteiger partial charge on any atom is 0.343 e. The van der Waals surface area contributed by atoms with E-state index in [4.69, 9.17) is 32.7 Å². The van der Waals surface area contributed by atoms with E-state index in [1.807, 2.05) is 30.3 Å². The first-order chi connectivity index (χ1) is 18.4. The van der Waals surface area contributed by atoms with Crippen LogP contribution in [-0.2, 0) is 11.2 Å². The molecule has 1 amide bonds. The molecule has 7 nitrogen and oxygen atoms in total. The highest BCUT2D eigenvalue weighted by atomic mass is 35.5. The number of carbonyl (C=O) groups is 3. The van der Waals surface area contributed by atoms with Crippen LogP contribution in [0.4, 0.5) is 0 Å². The van der Waals surface area contributed by atoms with Gasteiger partial charge in [-0.1, -0.05) is 53.5 Å². The van der Waals surface area contributed by atoms with Crippen molar-refractivity contribution in [1.82, 2.24) is 5.43 Å². The van der Waals surface area contributed by atoms with Crippen LogP contribution in [0, 0.1) is 0 Å². The topological polar surface area (TPSA) is 94.1 Å². The van der Waals surface area contributed by atoms with Crippen molar-refractivity contribution in [2.45, 2.75) is 6.42 Å². The van der Waals surface area contributed by atoms with Crippen LogP contribution < -0.4 is 14.9 Å². The summed E-state index contributed by atoms with van der Waals surface area (Å²) < 4.78 is 11.0. The first-order valence-electron chi connectivity index (χ1n) is 11.3. The molecule has 0 bridgehead atoms. The fourth-order valence-corrected chi connectivity index (χ4v) is 3.52. The molecule has 1 N–H and O–H groups in total. The zero-order chi connectivity index (χ0) is 26.9. The molecular formula is C29H20Cl2N2O5. The van der Waals surface area contributed by atoms with Crippen molar-refractivity contribution in [2.24, 2.45) is 5.10 Å². The van der Waals surface area contributed by atoms with Crippen LogP contribution in [-0.4, -0.2) is 24.1 Å². The van der Waals surface area contributed by atoms with Crippen molar-refractivity contribution >= 4 is 47.3 Å². The van der Waals surface area contributed by atoms with Gasteiger partial charge in [-0.2, -0.15) is 5.10 Å². The summed E-state index contributed by atoms with van der Waals surface area (Å²) in [6.45, 7) is 0. The van der Waals surface area contributed by atoms with Crippen molar-refractivity contribution < 1.29 is 23.9 Å². The van der Waals surface area contributed by atoms with E-state index in [9.17, 15) is 14.4 Å². The Labute approximate surface area is 228 Å². The molecule has 0 saturated carbocycles. The number of nitrogens with one attached hydrogen (secondary N) is 1. The van der Waals surface area contributed by atoms with Crippen molar-refractivity contribution in [2.75, 3.05) is 0 Å². The summed E-state index contributed by atoms with van der Waals surface area (Å²) >= 11 is 11.8. The highest BCUT2D eigenvalue weighted by Crippen LogP contribution is 2.26. The molecule has 38 heavy (non-hydrogen) atoms. The number of hydrogen-bond acceptors (Lipinski definition) is 6. The molecule has 0 heterocycles. The molecule has 0 aliphatic carbocycles. The predicted molar refractivity (Wildman–Crippen MR) is 145 cm³/mol. The lowest BCUT2D eigenvalue weighted by molar-refractivity contribution is -0.120. The summed E-state index contributed by atoms with van der Waals surface area (Å²) in [5.74, 6) is -1.40. The second kappa shape index (κ2) is 12.7. The average molecular weight is 547 g/mol. The molecule has 9 heteroatoms. The molecule has 4 rings (SSSR count). The maximum absolute atomic E-state index is 12.7. The van der Waals surface area contributed by atoms with Gasteiger partial charge in [0.05, 0.1) is 23.8 Å². The lowest BCUT2D eigenvalue weighted by Gasteiger charge is -2.11. The average Bonchev–Trinajstić information content (AvgIpc) is 2.91. The van der Waals surface area contributed by atoms with Crippen molar-refractivity contribution in [3.63, 3.8) is 0 Å². The second-order valence-corrected chi connectivity index (χ2v) is 8.82. The van der Waals surface area contributed by atoms with Gasteiger partial charge in [-0.05, 0) is 66.2 Å². The molecule has 0 aliphatic heterocycles. The smallest absolute Gasteiger partial charge is 0.343 e. The van der Waals surface area contributed by atoms with E-state index >= 15 is 0 Å². The molecule has 0 unspecified atom stereocenters. The van der Waals surface area contributed by atoms with Gasteiger partial charge in [0.2, 0.25) is 5.91 Å². The van der Waals surface area contributed by atoms with Crippen LogP contribution in [0.25, 0.3) is 0 Å². The summed E-state index contributed by atoms with van der Waals surface area (Å²) in [7, 11) is 0. The molecule has 0 aliphatic rings. The monoisotopic (exact) mass is 546 g/mol. The van der Waals surface area contributed by atoms with E-state index in [1.54, 1.807) is 30.3 Å². The Balaban J connectivity index is 1.53. The first kappa shape index (κ1) is 26.6. The van der Waals surface area contributed by atoms with E-state index in [0.717, 1.165) is 5.56 Å². The highest BCUT2D eigenvalue weighted by Gasteiger charge is 2.15. The minimum atomic E-state index is -0.661. The van der Waals surface area contributed by atoms with Gasteiger partial charge in [-0.25, -0.2) is 15.0 Å². The van der Waals surface area contributed by atoms with Crippen LogP contribution in [0.5, 0.6) is 11.5 Å². The van der Waals surface area contributed by atoms with Crippen LogP contribution in [0.2, 0.25) is 10.0 Å². The number of rotatable bonds is 8. The summed E-state index contributed by atoms with van der Waals surface area (Å²) in [6, 6.07) is 26.0. The molecule has 4 aromatic carbocycles. The number of hydrazone groups is 1. The number of amides is 1. The maximum atomic E-state index is 12.7. The third-order valence-electron chi connectivity index (χ3n) is 5.16. The molecule has 0 spiro atoms. The Kier molecular flexibility index (Phi) is 8.87. The fourth-order valence-electron chi connectivity index (χ4n) is 3.26. The van der Waals surface area contributed by atoms with Crippen molar-refractivity contribution in [3.05, 3.63) is 129 Å². The molecule has 190 valence electrons. The summed E-state index contributed by atoms with van der Waals surface area (Å²) in [5.41, 5.74) is 4.20. The van der Waals surface area contributed by atoms with E-state index in [-0.39, 0.29) is 29.4 Å². The molecular weight excluding hydrogens is 527 g/mol. The number of esters is 2. The van der Waals surface area contributed by atoms with Crippen molar-refractivity contribution in [1.29, 1.82) is 0 Å². The standard InChI is InChI=1S/C29H20Cl2N2O5/c30-23-11-6-20(7-12-23)28(35)37-25-15-10-22(18-32-33-27(34)16-19-4-2-1-3-5-19)26(17-25)38-29(36)21-8-13-24(31)14-9-21/h1-15,17-18H,16H2,(H,33,34)/b32-18-. The van der Waals surface area contributed by atoms with Gasteiger partial charge >= 0.3 is 11.9 Å². The number of halogens is 2. The lowest BCUT2D eigenvalue weighted by atomic mass is 10.1. The number of ether oxygens (including phenoxy) is 2. The molecule has 4 aromatic rings. The van der Waals surface area contributed by atoms with E-state index in [1.165, 1.54) is 42.6 Å². The number of benzene rings is 4. The van der Waals surface area contributed by atoms with E-state index < -0.39 is 11.9 Å². The largest absolute Gasteiger partial charge is 0.423 e. The van der Waals surface area contributed by atoms with E-state index in [2.05, 4.69) is 10.5 Å². The van der Waals surface area contributed by atoms with Crippen molar-refractivity contribution in [3.8, 4) is 11.5 Å². The van der Waals surface area contributed by atoms with Gasteiger partial charge < -0.3 is 9.47 Å². The SMILES string of the molecule is O=C(Cc1ccccc1)N/N=C\c1ccc(OC(=O)c2ccc(Cl)cc2)cc1OC(=O)c1ccc(Cl)cc1.